The second-order valence-corrected chi connectivity index (χ2v) is 4.06. The highest BCUT2D eigenvalue weighted by Gasteiger charge is 2.34. The Bertz CT molecular complexity index is 521. The Morgan fingerprint density at radius 1 is 1.65 bits per heavy atom. The standard InChI is InChI=1S/C10H15N3O4/c1-12-8(11)2-3-13(10(12)16)9-4-6(15)7(5-14)17-9/h2-3,6-7,9,11,14-15H,4-5H2,1H3/t6-,7-,9+/m1/s1. The summed E-state index contributed by atoms with van der Waals surface area (Å²) in [6.45, 7) is -0.283. The molecule has 1 fully saturated rings. The summed E-state index contributed by atoms with van der Waals surface area (Å²) in [5.41, 5.74) is -0.281. The summed E-state index contributed by atoms with van der Waals surface area (Å²) < 4.78 is 7.87. The van der Waals surface area contributed by atoms with Crippen molar-refractivity contribution in [3.63, 3.8) is 0 Å². The second kappa shape index (κ2) is 4.44. The summed E-state index contributed by atoms with van der Waals surface area (Å²) in [5, 5.41) is 26.0. The predicted octanol–water partition coefficient (Wildman–Crippen LogP) is -1.69. The number of aromatic nitrogens is 2. The van der Waals surface area contributed by atoms with Gasteiger partial charge in [0.25, 0.3) is 0 Å². The molecule has 1 aliphatic heterocycles. The number of nitrogens with one attached hydrogen (secondary N) is 1. The minimum atomic E-state index is -0.780. The molecule has 1 saturated heterocycles. The molecule has 0 saturated carbocycles. The zero-order valence-electron chi connectivity index (χ0n) is 9.41. The smallest absolute Gasteiger partial charge is 0.331 e. The Hall–Kier alpha value is -1.44. The minimum absolute atomic E-state index is 0.100. The maximum atomic E-state index is 11.9. The first-order valence-corrected chi connectivity index (χ1v) is 5.31. The molecule has 3 N–H and O–H groups in total. The van der Waals surface area contributed by atoms with Crippen LogP contribution in [0.1, 0.15) is 12.6 Å². The predicted molar refractivity (Wildman–Crippen MR) is 57.1 cm³/mol. The fourth-order valence-corrected chi connectivity index (χ4v) is 1.87. The maximum Gasteiger partial charge on any atom is 0.331 e. The van der Waals surface area contributed by atoms with E-state index in [0.29, 0.717) is 0 Å². The molecule has 1 aromatic rings. The third kappa shape index (κ3) is 2.04. The Kier molecular flexibility index (Phi) is 3.14. The van der Waals surface area contributed by atoms with E-state index >= 15 is 0 Å². The SMILES string of the molecule is Cn1c(=N)ccn([C@@H]2C[C@@H](O)[C@@H](CO)O2)c1=O. The average Bonchev–Trinajstić information content (AvgIpc) is 2.67. The first-order chi connectivity index (χ1) is 8.04. The fourth-order valence-electron chi connectivity index (χ4n) is 1.87. The monoisotopic (exact) mass is 241 g/mol. The van der Waals surface area contributed by atoms with E-state index in [0.717, 1.165) is 0 Å². The van der Waals surface area contributed by atoms with Crippen LogP contribution in [0.15, 0.2) is 17.1 Å². The van der Waals surface area contributed by atoms with Gasteiger partial charge in [-0.2, -0.15) is 0 Å². The highest BCUT2D eigenvalue weighted by Crippen LogP contribution is 2.26. The van der Waals surface area contributed by atoms with E-state index in [1.807, 2.05) is 0 Å². The lowest BCUT2D eigenvalue weighted by molar-refractivity contribution is -0.0462. The number of hydrogen-bond donors (Lipinski definition) is 3. The topological polar surface area (TPSA) is 100 Å². The van der Waals surface area contributed by atoms with Crippen molar-refractivity contribution in [2.45, 2.75) is 24.9 Å². The van der Waals surface area contributed by atoms with E-state index < -0.39 is 18.4 Å². The number of rotatable bonds is 2. The molecule has 94 valence electrons. The van der Waals surface area contributed by atoms with E-state index in [-0.39, 0.29) is 24.2 Å². The quantitative estimate of drug-likeness (QED) is 0.575. The third-order valence-corrected chi connectivity index (χ3v) is 2.96. The summed E-state index contributed by atoms with van der Waals surface area (Å²) in [6.07, 6.45) is -0.322. The van der Waals surface area contributed by atoms with Gasteiger partial charge in [0, 0.05) is 19.7 Å². The average molecular weight is 241 g/mol. The molecule has 0 amide bonds. The van der Waals surface area contributed by atoms with Crippen molar-refractivity contribution in [2.75, 3.05) is 6.61 Å². The minimum Gasteiger partial charge on any atom is -0.394 e. The van der Waals surface area contributed by atoms with Gasteiger partial charge in [0.15, 0.2) is 0 Å². The van der Waals surface area contributed by atoms with Crippen LogP contribution in [0.5, 0.6) is 0 Å². The Morgan fingerprint density at radius 2 is 2.35 bits per heavy atom. The van der Waals surface area contributed by atoms with E-state index in [1.165, 1.54) is 28.4 Å². The van der Waals surface area contributed by atoms with Crippen molar-refractivity contribution in [1.29, 1.82) is 5.41 Å². The molecular weight excluding hydrogens is 226 g/mol. The zero-order chi connectivity index (χ0) is 12.6. The van der Waals surface area contributed by atoms with Crippen molar-refractivity contribution in [3.8, 4) is 0 Å². The molecule has 0 unspecified atom stereocenters. The van der Waals surface area contributed by atoms with E-state index in [4.69, 9.17) is 15.3 Å². The molecule has 3 atom stereocenters. The maximum absolute atomic E-state index is 11.9. The largest absolute Gasteiger partial charge is 0.394 e. The van der Waals surface area contributed by atoms with Gasteiger partial charge in [-0.3, -0.25) is 14.5 Å². The number of nitrogens with zero attached hydrogens (tertiary/aromatic N) is 2. The number of hydrogen-bond acceptors (Lipinski definition) is 5. The van der Waals surface area contributed by atoms with Crippen LogP contribution >= 0.6 is 0 Å². The van der Waals surface area contributed by atoms with Gasteiger partial charge >= 0.3 is 5.69 Å². The normalized spacial score (nSPS) is 28.5. The lowest BCUT2D eigenvalue weighted by Gasteiger charge is -2.15. The van der Waals surface area contributed by atoms with Crippen LogP contribution in [0, 0.1) is 5.41 Å². The van der Waals surface area contributed by atoms with E-state index in [1.54, 1.807) is 0 Å². The Morgan fingerprint density at radius 3 is 2.94 bits per heavy atom. The molecule has 0 radical (unpaired) electrons. The van der Waals surface area contributed by atoms with Gasteiger partial charge in [-0.05, 0) is 6.07 Å². The Labute approximate surface area is 97.0 Å². The van der Waals surface area contributed by atoms with Crippen molar-refractivity contribution in [3.05, 3.63) is 28.2 Å². The fraction of sp³-hybridized carbons (Fsp3) is 0.600. The lowest BCUT2D eigenvalue weighted by atomic mass is 10.2. The number of aliphatic hydroxyl groups excluding tert-OH is 2. The van der Waals surface area contributed by atoms with Gasteiger partial charge < -0.3 is 14.9 Å². The highest BCUT2D eigenvalue weighted by molar-refractivity contribution is 4.88. The van der Waals surface area contributed by atoms with E-state index in [9.17, 15) is 9.90 Å². The van der Waals surface area contributed by atoms with E-state index in [2.05, 4.69) is 0 Å². The van der Waals surface area contributed by atoms with Crippen LogP contribution in [0.2, 0.25) is 0 Å². The first kappa shape index (κ1) is 12.0. The van der Waals surface area contributed by atoms with Crippen molar-refractivity contribution in [2.24, 2.45) is 7.05 Å². The summed E-state index contributed by atoms with van der Waals surface area (Å²) in [6, 6.07) is 1.48. The number of ether oxygens (including phenoxy) is 1. The molecular formula is C10H15N3O4. The zero-order valence-corrected chi connectivity index (χ0v) is 9.41. The summed E-state index contributed by atoms with van der Waals surface area (Å²) >= 11 is 0. The van der Waals surface area contributed by atoms with Gasteiger partial charge in [0.2, 0.25) is 0 Å². The first-order valence-electron chi connectivity index (χ1n) is 5.31. The highest BCUT2D eigenvalue weighted by atomic mass is 16.5. The van der Waals surface area contributed by atoms with Crippen LogP contribution in [-0.2, 0) is 11.8 Å². The van der Waals surface area contributed by atoms with Crippen molar-refractivity contribution < 1.29 is 14.9 Å². The molecule has 0 aromatic carbocycles. The second-order valence-electron chi connectivity index (χ2n) is 4.06. The third-order valence-electron chi connectivity index (χ3n) is 2.96. The molecule has 17 heavy (non-hydrogen) atoms. The summed E-state index contributed by atoms with van der Waals surface area (Å²) in [5.74, 6) is 0. The summed E-state index contributed by atoms with van der Waals surface area (Å²) in [7, 11) is 1.50. The number of aliphatic hydroxyl groups is 2. The van der Waals surface area contributed by atoms with Gasteiger partial charge in [-0.15, -0.1) is 0 Å². The van der Waals surface area contributed by atoms with Crippen LogP contribution in [0.4, 0.5) is 0 Å². The van der Waals surface area contributed by atoms with Crippen LogP contribution < -0.4 is 11.2 Å². The molecule has 0 bridgehead atoms. The van der Waals surface area contributed by atoms with Gasteiger partial charge in [-0.1, -0.05) is 0 Å². The molecule has 0 aliphatic carbocycles. The summed E-state index contributed by atoms with van der Waals surface area (Å²) in [4.78, 5) is 11.9. The molecule has 7 heteroatoms. The van der Waals surface area contributed by atoms with Gasteiger partial charge in [0.05, 0.1) is 12.7 Å². The molecule has 7 nitrogen and oxygen atoms in total. The van der Waals surface area contributed by atoms with Crippen molar-refractivity contribution in [1.82, 2.24) is 9.13 Å². The van der Waals surface area contributed by atoms with Crippen LogP contribution in [0.25, 0.3) is 0 Å². The molecule has 0 spiro atoms. The molecule has 2 rings (SSSR count). The molecule has 2 heterocycles. The van der Waals surface area contributed by atoms with Gasteiger partial charge in [-0.25, -0.2) is 4.79 Å². The molecule has 1 aromatic heterocycles. The Balaban J connectivity index is 2.34. The molecule has 1 aliphatic rings. The van der Waals surface area contributed by atoms with Crippen LogP contribution in [0.3, 0.4) is 0 Å². The van der Waals surface area contributed by atoms with Gasteiger partial charge in [0.1, 0.15) is 17.8 Å². The lowest BCUT2D eigenvalue weighted by Crippen LogP contribution is -2.38. The van der Waals surface area contributed by atoms with Crippen LogP contribution in [-0.4, -0.2) is 38.2 Å². The van der Waals surface area contributed by atoms with Crippen molar-refractivity contribution >= 4 is 0 Å².